The lowest BCUT2D eigenvalue weighted by atomic mass is 10.3. The molecule has 1 radical (unpaired) electrons. The molecule has 1 N–H and O–H groups in total. The van der Waals surface area contributed by atoms with Gasteiger partial charge in [0, 0.05) is 6.42 Å². The Morgan fingerprint density at radius 1 is 1.33 bits per heavy atom. The number of hydrogen-bond donors (Lipinski definition) is 1. The molecule has 1 aliphatic rings. The maximum Gasteiger partial charge on any atom is 0.161 e. The molecule has 0 saturated heterocycles. The summed E-state index contributed by atoms with van der Waals surface area (Å²) in [4.78, 5) is 3.02. The van der Waals surface area contributed by atoms with E-state index in [-0.39, 0.29) is 0 Å². The molecule has 0 bridgehead atoms. The van der Waals surface area contributed by atoms with Crippen molar-refractivity contribution in [3.8, 4) is 0 Å². The van der Waals surface area contributed by atoms with Crippen molar-refractivity contribution < 1.29 is 4.99 Å². The van der Waals surface area contributed by atoms with Gasteiger partial charge in [-0.05, 0) is 6.08 Å². The molecule has 0 saturated carbocycles. The van der Waals surface area contributed by atoms with Crippen LogP contribution in [0, 0.1) is 6.42 Å². The second-order valence-corrected chi connectivity index (χ2v) is 1.20. The second-order valence-electron chi connectivity index (χ2n) is 1.20. The van der Waals surface area contributed by atoms with E-state index in [4.69, 9.17) is 0 Å². The van der Waals surface area contributed by atoms with Crippen molar-refractivity contribution in [3.05, 3.63) is 18.6 Å². The van der Waals surface area contributed by atoms with Gasteiger partial charge < -0.3 is 0 Å². The minimum Gasteiger partial charge on any atom is -0.248 e. The van der Waals surface area contributed by atoms with E-state index in [9.17, 15) is 0 Å². The summed E-state index contributed by atoms with van der Waals surface area (Å²) in [5.41, 5.74) is 0. The summed E-state index contributed by atoms with van der Waals surface area (Å²) >= 11 is 0. The lowest BCUT2D eigenvalue weighted by molar-refractivity contribution is -0.442. The highest BCUT2D eigenvalue weighted by Gasteiger charge is 1.85. The van der Waals surface area contributed by atoms with Crippen LogP contribution < -0.4 is 4.99 Å². The third kappa shape index (κ3) is 0.677. The molecule has 1 heteroatoms. The first-order chi connectivity index (χ1) is 3.00. The first-order valence-corrected chi connectivity index (χ1v) is 2.05. The van der Waals surface area contributed by atoms with E-state index in [1.54, 1.807) is 0 Å². The lowest BCUT2D eigenvalue weighted by Gasteiger charge is -1.81. The van der Waals surface area contributed by atoms with E-state index >= 15 is 0 Å². The highest BCUT2D eigenvalue weighted by Crippen LogP contribution is 1.72. The first-order valence-electron chi connectivity index (χ1n) is 2.05. The van der Waals surface area contributed by atoms with Crippen molar-refractivity contribution in [2.45, 2.75) is 0 Å². The number of hydrogen-bond acceptors (Lipinski definition) is 0. The summed E-state index contributed by atoms with van der Waals surface area (Å²) < 4.78 is 0. The SMILES string of the molecule is [CH]1C=CC=[NH+]C1. The van der Waals surface area contributed by atoms with Crippen LogP contribution in [0.3, 0.4) is 0 Å². The standard InChI is InChI=1S/C5H6N/c1-2-4-6-5-3-1/h1-4H,5H2/p+1. The van der Waals surface area contributed by atoms with Gasteiger partial charge in [0.1, 0.15) is 6.54 Å². The molecular weight excluding hydrogens is 74.1 g/mol. The predicted molar refractivity (Wildman–Crippen MR) is 25.3 cm³/mol. The Morgan fingerprint density at radius 2 is 2.33 bits per heavy atom. The monoisotopic (exact) mass is 81.1 g/mol. The number of nitrogens with one attached hydrogen (secondary N) is 1. The zero-order valence-corrected chi connectivity index (χ0v) is 3.52. The van der Waals surface area contributed by atoms with Gasteiger partial charge in [-0.3, -0.25) is 0 Å². The third-order valence-electron chi connectivity index (χ3n) is 0.697. The lowest BCUT2D eigenvalue weighted by Crippen LogP contribution is -2.69. The summed E-state index contributed by atoms with van der Waals surface area (Å²) in [5.74, 6) is 0. The van der Waals surface area contributed by atoms with Crippen LogP contribution >= 0.6 is 0 Å². The normalized spacial score (nSPS) is 18.7. The average Bonchev–Trinajstić information content (AvgIpc) is 1.72. The van der Waals surface area contributed by atoms with Gasteiger partial charge in [-0.1, -0.05) is 6.08 Å². The zero-order valence-electron chi connectivity index (χ0n) is 3.52. The summed E-state index contributed by atoms with van der Waals surface area (Å²) in [7, 11) is 0. The van der Waals surface area contributed by atoms with Crippen molar-refractivity contribution in [2.24, 2.45) is 0 Å². The molecule has 1 aliphatic heterocycles. The Bertz CT molecular complexity index is 69.9. The Morgan fingerprint density at radius 3 is 2.50 bits per heavy atom. The quantitative estimate of drug-likeness (QED) is 0.381. The summed E-state index contributed by atoms with van der Waals surface area (Å²) in [6.45, 7) is 0.983. The summed E-state index contributed by atoms with van der Waals surface area (Å²) in [5, 5.41) is 0. The Kier molecular flexibility index (Phi) is 1.05. The van der Waals surface area contributed by atoms with Gasteiger partial charge in [-0.2, -0.15) is 0 Å². The molecule has 0 atom stereocenters. The average molecular weight is 81.1 g/mol. The summed E-state index contributed by atoms with van der Waals surface area (Å²) in [6, 6.07) is 0. The zero-order chi connectivity index (χ0) is 4.24. The van der Waals surface area contributed by atoms with E-state index in [0.29, 0.717) is 0 Å². The Labute approximate surface area is 37.4 Å². The van der Waals surface area contributed by atoms with Crippen LogP contribution in [-0.2, 0) is 0 Å². The smallest absolute Gasteiger partial charge is 0.161 e. The van der Waals surface area contributed by atoms with Crippen LogP contribution in [0.15, 0.2) is 12.2 Å². The van der Waals surface area contributed by atoms with Crippen molar-refractivity contribution >= 4 is 6.21 Å². The molecule has 0 aliphatic carbocycles. The Balaban J connectivity index is 2.46. The molecule has 0 aromatic rings. The number of allylic oxidation sites excluding steroid dienone is 1. The fraction of sp³-hybridized carbons (Fsp3) is 0.200. The van der Waals surface area contributed by atoms with Crippen molar-refractivity contribution in [2.75, 3.05) is 6.54 Å². The maximum atomic E-state index is 3.02. The van der Waals surface area contributed by atoms with Crippen LogP contribution in [0.1, 0.15) is 0 Å². The molecule has 1 nitrogen and oxygen atoms in total. The first kappa shape index (κ1) is 3.59. The third-order valence-corrected chi connectivity index (χ3v) is 0.697. The summed E-state index contributed by atoms with van der Waals surface area (Å²) in [6.07, 6.45) is 8.00. The topological polar surface area (TPSA) is 14.0 Å². The van der Waals surface area contributed by atoms with Gasteiger partial charge >= 0.3 is 0 Å². The van der Waals surface area contributed by atoms with Gasteiger partial charge in [-0.25, -0.2) is 4.99 Å². The highest BCUT2D eigenvalue weighted by atomic mass is 14.7. The minimum absolute atomic E-state index is 0.983. The van der Waals surface area contributed by atoms with E-state index in [0.717, 1.165) is 6.54 Å². The molecule has 31 valence electrons. The van der Waals surface area contributed by atoms with Gasteiger partial charge in [0.05, 0.1) is 0 Å². The van der Waals surface area contributed by atoms with Crippen molar-refractivity contribution in [1.82, 2.24) is 0 Å². The molecule has 1 rings (SSSR count). The maximum absolute atomic E-state index is 3.02. The van der Waals surface area contributed by atoms with E-state index in [1.807, 2.05) is 18.4 Å². The van der Waals surface area contributed by atoms with E-state index in [2.05, 4.69) is 11.4 Å². The Hall–Kier alpha value is -0.590. The molecule has 0 aromatic carbocycles. The van der Waals surface area contributed by atoms with E-state index < -0.39 is 0 Å². The van der Waals surface area contributed by atoms with E-state index in [1.165, 1.54) is 0 Å². The van der Waals surface area contributed by atoms with Crippen molar-refractivity contribution in [3.63, 3.8) is 0 Å². The minimum atomic E-state index is 0.983. The molecule has 0 fully saturated rings. The molecule has 0 unspecified atom stereocenters. The molecule has 0 aromatic heterocycles. The van der Waals surface area contributed by atoms with Crippen LogP contribution in [0.25, 0.3) is 0 Å². The molecule has 1 heterocycles. The van der Waals surface area contributed by atoms with Crippen LogP contribution in [0.4, 0.5) is 0 Å². The molecule has 0 spiro atoms. The second kappa shape index (κ2) is 1.75. The van der Waals surface area contributed by atoms with Gasteiger partial charge in [-0.15, -0.1) is 0 Å². The molecule has 0 amide bonds. The van der Waals surface area contributed by atoms with Crippen LogP contribution in [0.5, 0.6) is 0 Å². The highest BCUT2D eigenvalue weighted by molar-refractivity contribution is 5.66. The van der Waals surface area contributed by atoms with Gasteiger partial charge in [0.2, 0.25) is 0 Å². The number of rotatable bonds is 0. The van der Waals surface area contributed by atoms with Crippen LogP contribution in [-0.4, -0.2) is 12.8 Å². The molecular formula is C5H7N+. The van der Waals surface area contributed by atoms with Gasteiger partial charge in [0.25, 0.3) is 0 Å². The predicted octanol–water partition coefficient (Wildman–Crippen LogP) is -1.09. The largest absolute Gasteiger partial charge is 0.248 e. The van der Waals surface area contributed by atoms with Gasteiger partial charge in [0.15, 0.2) is 6.21 Å². The fourth-order valence-electron chi connectivity index (χ4n) is 0.406. The molecule has 6 heavy (non-hydrogen) atoms. The fourth-order valence-corrected chi connectivity index (χ4v) is 0.406. The van der Waals surface area contributed by atoms with Crippen LogP contribution in [0.2, 0.25) is 0 Å². The van der Waals surface area contributed by atoms with Crippen molar-refractivity contribution in [1.29, 1.82) is 0 Å².